The second-order valence-electron chi connectivity index (χ2n) is 3.32. The first-order chi connectivity index (χ1) is 7.38. The van der Waals surface area contributed by atoms with E-state index in [2.05, 4.69) is 0 Å². The highest BCUT2D eigenvalue weighted by Crippen LogP contribution is 2.57. The van der Waals surface area contributed by atoms with E-state index in [1.165, 1.54) is 6.92 Å². The average Bonchev–Trinajstić information content (AvgIpc) is 2.14. The number of benzene rings is 1. The minimum atomic E-state index is -3.60. The zero-order valence-corrected chi connectivity index (χ0v) is 11.1. The van der Waals surface area contributed by atoms with Crippen molar-refractivity contribution in [2.75, 3.05) is 0 Å². The molecule has 0 aliphatic heterocycles. The van der Waals surface area contributed by atoms with Crippen molar-refractivity contribution in [1.29, 1.82) is 0 Å². The summed E-state index contributed by atoms with van der Waals surface area (Å²) in [6, 6.07) is 6.92. The summed E-state index contributed by atoms with van der Waals surface area (Å²) >= 11 is 10.7. The van der Waals surface area contributed by atoms with Crippen LogP contribution >= 0.6 is 28.6 Å². The summed E-state index contributed by atoms with van der Waals surface area (Å²) in [6.07, 6.45) is -2.69. The predicted octanol–water partition coefficient (Wildman–Crippen LogP) is 4.17. The zero-order chi connectivity index (χ0) is 12.2. The van der Waals surface area contributed by atoms with E-state index in [1.54, 1.807) is 24.3 Å². The summed E-state index contributed by atoms with van der Waals surface area (Å²) in [5.74, 6) is 0.437. The quantitative estimate of drug-likeness (QED) is 0.760. The van der Waals surface area contributed by atoms with Crippen molar-refractivity contribution in [2.45, 2.75) is 19.8 Å². The molecule has 1 rings (SSSR count). The van der Waals surface area contributed by atoms with Gasteiger partial charge in [-0.25, -0.2) is 4.57 Å². The van der Waals surface area contributed by atoms with Crippen molar-refractivity contribution in [3.63, 3.8) is 0 Å². The van der Waals surface area contributed by atoms with Gasteiger partial charge in [0.25, 0.3) is 0 Å². The Morgan fingerprint density at radius 2 is 2.00 bits per heavy atom. The largest absolute Gasteiger partial charge is 0.428 e. The van der Waals surface area contributed by atoms with E-state index in [4.69, 9.17) is 27.0 Å². The van der Waals surface area contributed by atoms with Crippen molar-refractivity contribution in [3.05, 3.63) is 29.8 Å². The monoisotopic (exact) mass is 280 g/mol. The Balaban J connectivity index is 2.83. The molecule has 0 aromatic heterocycles. The summed E-state index contributed by atoms with van der Waals surface area (Å²) in [4.78, 5) is 10.9. The summed E-state index contributed by atoms with van der Waals surface area (Å²) < 4.78 is 16.1. The molecule has 3 nitrogen and oxygen atoms in total. The number of para-hydroxylation sites is 1. The smallest absolute Gasteiger partial charge is 0.422 e. The first-order valence-electron chi connectivity index (χ1n) is 4.65. The van der Waals surface area contributed by atoms with Crippen LogP contribution in [0.3, 0.4) is 0 Å². The van der Waals surface area contributed by atoms with Crippen LogP contribution in [0.4, 0.5) is 0 Å². The third kappa shape index (κ3) is 5.02. The first kappa shape index (κ1) is 13.6. The van der Waals surface area contributed by atoms with Crippen molar-refractivity contribution in [1.82, 2.24) is 0 Å². The van der Waals surface area contributed by atoms with Crippen molar-refractivity contribution in [3.8, 4) is 5.75 Å². The van der Waals surface area contributed by atoms with Gasteiger partial charge in [0.15, 0.2) is 0 Å². The van der Waals surface area contributed by atoms with Crippen LogP contribution in [0.5, 0.6) is 5.75 Å². The average molecular weight is 281 g/mol. The van der Waals surface area contributed by atoms with Crippen LogP contribution in [0.15, 0.2) is 24.3 Å². The molecule has 0 aliphatic rings. The van der Waals surface area contributed by atoms with Gasteiger partial charge in [0.05, 0.1) is 0 Å². The van der Waals surface area contributed by atoms with Crippen molar-refractivity contribution >= 4 is 34.3 Å². The number of carbonyl (C=O) groups excluding carboxylic acids is 1. The van der Waals surface area contributed by atoms with Gasteiger partial charge < -0.3 is 9.32 Å². The molecule has 0 spiro atoms. The van der Waals surface area contributed by atoms with E-state index in [-0.39, 0.29) is 5.78 Å². The predicted molar refractivity (Wildman–Crippen MR) is 65.4 cm³/mol. The van der Waals surface area contributed by atoms with Gasteiger partial charge in [-0.15, -0.1) is 0 Å². The molecule has 0 heterocycles. The number of hydrogen-bond acceptors (Lipinski definition) is 3. The second kappa shape index (κ2) is 5.72. The fourth-order valence-electron chi connectivity index (χ4n) is 1.22. The molecule has 1 aromatic rings. The molecule has 88 valence electrons. The van der Waals surface area contributed by atoms with Crippen LogP contribution in [0.2, 0.25) is 0 Å². The highest BCUT2D eigenvalue weighted by atomic mass is 35.9. The lowest BCUT2D eigenvalue weighted by Gasteiger charge is -2.10. The number of hydrogen-bond donors (Lipinski definition) is 0. The van der Waals surface area contributed by atoms with Gasteiger partial charge in [0.2, 0.25) is 0 Å². The lowest BCUT2D eigenvalue weighted by atomic mass is 10.1. The summed E-state index contributed by atoms with van der Waals surface area (Å²) in [6.45, 7) is 1.51. The molecular weight excluding hydrogens is 270 g/mol. The van der Waals surface area contributed by atoms with Gasteiger partial charge in [-0.2, -0.15) is 0 Å². The third-order valence-electron chi connectivity index (χ3n) is 1.92. The zero-order valence-electron chi connectivity index (χ0n) is 8.65. The normalized spacial score (nSPS) is 11.2. The molecule has 0 aliphatic carbocycles. The van der Waals surface area contributed by atoms with Gasteiger partial charge in [-0.1, -0.05) is 18.2 Å². The highest BCUT2D eigenvalue weighted by Gasteiger charge is 2.18. The van der Waals surface area contributed by atoms with E-state index in [0.29, 0.717) is 18.6 Å². The standard InChI is InChI=1S/C10H11Cl2O3P/c1-8(13)6-7-9-4-2-3-5-10(9)15-16(11,12)14/h2-5H,6-7H2,1H3. The van der Waals surface area contributed by atoms with Gasteiger partial charge in [0, 0.05) is 28.9 Å². The molecule has 0 amide bonds. The Kier molecular flexibility index (Phi) is 4.85. The molecule has 6 heteroatoms. The number of rotatable bonds is 5. The van der Waals surface area contributed by atoms with Crippen molar-refractivity contribution < 1.29 is 13.9 Å². The molecule has 0 N–H and O–H groups in total. The van der Waals surface area contributed by atoms with E-state index in [9.17, 15) is 9.36 Å². The molecule has 0 fully saturated rings. The number of Topliss-reactive ketones (excluding diaryl/α,β-unsaturated/α-hetero) is 1. The van der Waals surface area contributed by atoms with E-state index >= 15 is 0 Å². The molecule has 0 bridgehead atoms. The summed E-state index contributed by atoms with van der Waals surface area (Å²) in [5, 5.41) is 0. The second-order valence-corrected chi connectivity index (χ2v) is 7.52. The SMILES string of the molecule is CC(=O)CCc1ccccc1OP(=O)(Cl)Cl. The van der Waals surface area contributed by atoms with Gasteiger partial charge >= 0.3 is 6.07 Å². The first-order valence-corrected chi connectivity index (χ1v) is 8.08. The maximum atomic E-state index is 11.1. The molecule has 0 unspecified atom stereocenters. The highest BCUT2D eigenvalue weighted by molar-refractivity contribution is 8.05. The van der Waals surface area contributed by atoms with Crippen LogP contribution in [0.1, 0.15) is 18.9 Å². The fraction of sp³-hybridized carbons (Fsp3) is 0.300. The Morgan fingerprint density at radius 3 is 2.56 bits per heavy atom. The molecule has 16 heavy (non-hydrogen) atoms. The van der Waals surface area contributed by atoms with Crippen molar-refractivity contribution in [2.24, 2.45) is 0 Å². The topological polar surface area (TPSA) is 43.4 Å². The van der Waals surface area contributed by atoms with Crippen LogP contribution in [-0.2, 0) is 15.8 Å². The number of aryl methyl sites for hydroxylation is 1. The fourth-order valence-corrected chi connectivity index (χ4v) is 2.08. The number of ketones is 1. The van der Waals surface area contributed by atoms with Crippen LogP contribution in [0, 0.1) is 0 Å². The molecule has 0 radical (unpaired) electrons. The molecule has 0 atom stereocenters. The summed E-state index contributed by atoms with van der Waals surface area (Å²) in [7, 11) is 0. The minimum Gasteiger partial charge on any atom is -0.422 e. The maximum absolute atomic E-state index is 11.1. The Labute approximate surface area is 104 Å². The van der Waals surface area contributed by atoms with Gasteiger partial charge in [-0.3, -0.25) is 0 Å². The third-order valence-corrected chi connectivity index (χ3v) is 2.75. The number of halogens is 2. The lowest BCUT2D eigenvalue weighted by Crippen LogP contribution is -1.96. The van der Waals surface area contributed by atoms with Gasteiger partial charge in [0.1, 0.15) is 11.5 Å². The molecule has 0 saturated carbocycles. The van der Waals surface area contributed by atoms with Crippen LogP contribution < -0.4 is 4.52 Å². The molecule has 0 saturated heterocycles. The Bertz CT molecular complexity index is 428. The van der Waals surface area contributed by atoms with E-state index in [0.717, 1.165) is 5.56 Å². The minimum absolute atomic E-state index is 0.0785. The Morgan fingerprint density at radius 1 is 1.38 bits per heavy atom. The number of carbonyl (C=O) groups is 1. The molecular formula is C10H11Cl2O3P. The van der Waals surface area contributed by atoms with Crippen LogP contribution in [0.25, 0.3) is 0 Å². The Hall–Kier alpha value is -0.500. The van der Waals surface area contributed by atoms with Crippen LogP contribution in [-0.4, -0.2) is 5.78 Å². The van der Waals surface area contributed by atoms with E-state index in [1.807, 2.05) is 0 Å². The lowest BCUT2D eigenvalue weighted by molar-refractivity contribution is -0.116. The molecule has 1 aromatic carbocycles. The van der Waals surface area contributed by atoms with Gasteiger partial charge in [-0.05, 0) is 25.0 Å². The maximum Gasteiger partial charge on any atom is 0.428 e. The van der Waals surface area contributed by atoms with E-state index < -0.39 is 6.07 Å². The summed E-state index contributed by atoms with van der Waals surface area (Å²) in [5.41, 5.74) is 0.763.